The minimum absolute atomic E-state index is 0.205. The fraction of sp³-hybridized carbons (Fsp3) is 0.267. The molecule has 2 aromatic rings. The number of esters is 1. The van der Waals surface area contributed by atoms with E-state index >= 15 is 0 Å². The molecule has 22 heavy (non-hydrogen) atoms. The lowest BCUT2D eigenvalue weighted by Crippen LogP contribution is -2.04. The van der Waals surface area contributed by atoms with E-state index in [1.165, 1.54) is 14.2 Å². The molecule has 0 aliphatic rings. The Morgan fingerprint density at radius 3 is 2.41 bits per heavy atom. The molecule has 7 heteroatoms. The standard InChI is InChI=1S/C15H14Cl2N2O3/c1-21-12-6-11(14(20)22-2)5-10(13(12)16)4-3-9-7-18-15(17)19-8-9/h5-8H,3-4H2,1-2H3. The van der Waals surface area contributed by atoms with E-state index in [-0.39, 0.29) is 5.28 Å². The first-order valence-corrected chi connectivity index (χ1v) is 7.22. The van der Waals surface area contributed by atoms with Gasteiger partial charge < -0.3 is 9.47 Å². The summed E-state index contributed by atoms with van der Waals surface area (Å²) in [5.74, 6) is -0.00188. The quantitative estimate of drug-likeness (QED) is 0.616. The van der Waals surface area contributed by atoms with Crippen LogP contribution in [0.4, 0.5) is 0 Å². The number of carbonyl (C=O) groups excluding carboxylic acids is 1. The summed E-state index contributed by atoms with van der Waals surface area (Å²) >= 11 is 11.9. The number of aromatic nitrogens is 2. The van der Waals surface area contributed by atoms with E-state index in [1.54, 1.807) is 24.5 Å². The van der Waals surface area contributed by atoms with Gasteiger partial charge >= 0.3 is 5.97 Å². The van der Waals surface area contributed by atoms with Crippen LogP contribution < -0.4 is 4.74 Å². The largest absolute Gasteiger partial charge is 0.495 e. The van der Waals surface area contributed by atoms with Crippen LogP contribution in [-0.4, -0.2) is 30.2 Å². The van der Waals surface area contributed by atoms with Crippen molar-refractivity contribution in [1.82, 2.24) is 9.97 Å². The van der Waals surface area contributed by atoms with E-state index in [9.17, 15) is 4.79 Å². The molecule has 0 radical (unpaired) electrons. The second-order valence-electron chi connectivity index (χ2n) is 4.50. The number of ether oxygens (including phenoxy) is 2. The number of hydrogen-bond acceptors (Lipinski definition) is 5. The summed E-state index contributed by atoms with van der Waals surface area (Å²) in [5.41, 5.74) is 2.10. The van der Waals surface area contributed by atoms with Crippen LogP contribution in [-0.2, 0) is 17.6 Å². The Labute approximate surface area is 138 Å². The summed E-state index contributed by atoms with van der Waals surface area (Å²) in [4.78, 5) is 19.6. The second kappa shape index (κ2) is 7.42. The molecule has 0 saturated carbocycles. The minimum atomic E-state index is -0.439. The molecule has 0 spiro atoms. The topological polar surface area (TPSA) is 61.3 Å². The van der Waals surface area contributed by atoms with Crippen molar-refractivity contribution in [2.45, 2.75) is 12.8 Å². The average molecular weight is 341 g/mol. The summed E-state index contributed by atoms with van der Waals surface area (Å²) in [5, 5.41) is 0.682. The average Bonchev–Trinajstić information content (AvgIpc) is 2.54. The van der Waals surface area contributed by atoms with Crippen molar-refractivity contribution in [3.63, 3.8) is 0 Å². The molecule has 1 heterocycles. The van der Waals surface area contributed by atoms with E-state index < -0.39 is 5.97 Å². The van der Waals surface area contributed by atoms with Crippen LogP contribution >= 0.6 is 23.2 Å². The number of benzene rings is 1. The van der Waals surface area contributed by atoms with Crippen LogP contribution in [0.1, 0.15) is 21.5 Å². The van der Waals surface area contributed by atoms with Gasteiger partial charge in [0, 0.05) is 12.4 Å². The van der Waals surface area contributed by atoms with Crippen molar-refractivity contribution in [2.24, 2.45) is 0 Å². The lowest BCUT2D eigenvalue weighted by Gasteiger charge is -2.11. The Morgan fingerprint density at radius 1 is 1.14 bits per heavy atom. The molecule has 1 aromatic heterocycles. The highest BCUT2D eigenvalue weighted by molar-refractivity contribution is 6.33. The van der Waals surface area contributed by atoms with Gasteiger partial charge in [0.1, 0.15) is 5.75 Å². The maximum atomic E-state index is 11.7. The number of aryl methyl sites for hydroxylation is 2. The first-order chi connectivity index (χ1) is 10.5. The Hall–Kier alpha value is -1.85. The highest BCUT2D eigenvalue weighted by Gasteiger charge is 2.14. The number of nitrogens with zero attached hydrogens (tertiary/aromatic N) is 2. The maximum absolute atomic E-state index is 11.7. The van der Waals surface area contributed by atoms with Crippen molar-refractivity contribution in [1.29, 1.82) is 0 Å². The molecular formula is C15H14Cl2N2O3. The maximum Gasteiger partial charge on any atom is 0.337 e. The zero-order chi connectivity index (χ0) is 16.1. The van der Waals surface area contributed by atoms with Gasteiger partial charge in [0.2, 0.25) is 5.28 Å². The molecule has 0 saturated heterocycles. The summed E-state index contributed by atoms with van der Waals surface area (Å²) in [7, 11) is 2.83. The Kier molecular flexibility index (Phi) is 5.57. The fourth-order valence-corrected chi connectivity index (χ4v) is 2.35. The SMILES string of the molecule is COC(=O)c1cc(CCc2cnc(Cl)nc2)c(Cl)c(OC)c1. The van der Waals surface area contributed by atoms with Crippen LogP contribution in [0.25, 0.3) is 0 Å². The van der Waals surface area contributed by atoms with Gasteiger partial charge in [0.15, 0.2) is 0 Å². The summed E-state index contributed by atoms with van der Waals surface area (Å²) in [6.07, 6.45) is 4.57. The summed E-state index contributed by atoms with van der Waals surface area (Å²) in [6, 6.07) is 3.26. The first-order valence-electron chi connectivity index (χ1n) is 6.46. The van der Waals surface area contributed by atoms with Crippen molar-refractivity contribution >= 4 is 29.2 Å². The first kappa shape index (κ1) is 16.5. The van der Waals surface area contributed by atoms with Crippen LogP contribution in [0.2, 0.25) is 10.3 Å². The predicted octanol–water partition coefficient (Wildman–Crippen LogP) is 3.36. The zero-order valence-electron chi connectivity index (χ0n) is 12.1. The van der Waals surface area contributed by atoms with Gasteiger partial charge in [-0.25, -0.2) is 14.8 Å². The van der Waals surface area contributed by atoms with E-state index in [4.69, 9.17) is 32.7 Å². The molecule has 0 aliphatic heterocycles. The van der Waals surface area contributed by atoms with Gasteiger partial charge in [-0.15, -0.1) is 0 Å². The van der Waals surface area contributed by atoms with Gasteiger partial charge in [-0.3, -0.25) is 0 Å². The lowest BCUT2D eigenvalue weighted by molar-refractivity contribution is 0.0600. The Balaban J connectivity index is 2.25. The number of halogens is 2. The van der Waals surface area contributed by atoms with Crippen LogP contribution in [0.15, 0.2) is 24.5 Å². The van der Waals surface area contributed by atoms with Crippen LogP contribution in [0, 0.1) is 0 Å². The molecule has 5 nitrogen and oxygen atoms in total. The smallest absolute Gasteiger partial charge is 0.337 e. The van der Waals surface area contributed by atoms with Gasteiger partial charge in [0.05, 0.1) is 24.8 Å². The second-order valence-corrected chi connectivity index (χ2v) is 5.22. The van der Waals surface area contributed by atoms with Crippen LogP contribution in [0.3, 0.4) is 0 Å². The third-order valence-corrected chi connectivity index (χ3v) is 3.74. The van der Waals surface area contributed by atoms with E-state index in [0.717, 1.165) is 11.1 Å². The normalized spacial score (nSPS) is 10.4. The Bertz CT molecular complexity index is 675. The Morgan fingerprint density at radius 2 is 1.82 bits per heavy atom. The van der Waals surface area contributed by atoms with Crippen molar-refractivity contribution in [2.75, 3.05) is 14.2 Å². The van der Waals surface area contributed by atoms with Crippen molar-refractivity contribution in [3.05, 3.63) is 51.5 Å². The van der Waals surface area contributed by atoms with E-state index in [0.29, 0.717) is 29.2 Å². The number of rotatable bonds is 5. The van der Waals surface area contributed by atoms with Gasteiger partial charge in [-0.2, -0.15) is 0 Å². The number of methoxy groups -OCH3 is 2. The lowest BCUT2D eigenvalue weighted by atomic mass is 10.0. The van der Waals surface area contributed by atoms with Crippen LogP contribution in [0.5, 0.6) is 5.75 Å². The zero-order valence-corrected chi connectivity index (χ0v) is 13.6. The van der Waals surface area contributed by atoms with Gasteiger partial charge in [-0.05, 0) is 47.7 Å². The molecule has 2 rings (SSSR count). The molecule has 0 unspecified atom stereocenters. The fourth-order valence-electron chi connectivity index (χ4n) is 1.97. The highest BCUT2D eigenvalue weighted by atomic mass is 35.5. The molecule has 1 aromatic carbocycles. The molecule has 0 N–H and O–H groups in total. The highest BCUT2D eigenvalue weighted by Crippen LogP contribution is 2.31. The predicted molar refractivity (Wildman–Crippen MR) is 83.8 cm³/mol. The minimum Gasteiger partial charge on any atom is -0.495 e. The number of carbonyl (C=O) groups is 1. The molecule has 0 bridgehead atoms. The van der Waals surface area contributed by atoms with Gasteiger partial charge in [0.25, 0.3) is 0 Å². The molecule has 0 amide bonds. The van der Waals surface area contributed by atoms with E-state index in [1.807, 2.05) is 0 Å². The van der Waals surface area contributed by atoms with Crippen molar-refractivity contribution < 1.29 is 14.3 Å². The third kappa shape index (κ3) is 3.87. The van der Waals surface area contributed by atoms with Crippen molar-refractivity contribution in [3.8, 4) is 5.75 Å². The summed E-state index contributed by atoms with van der Waals surface area (Å²) in [6.45, 7) is 0. The molecule has 0 aliphatic carbocycles. The molecule has 0 atom stereocenters. The monoisotopic (exact) mass is 340 g/mol. The van der Waals surface area contributed by atoms with Gasteiger partial charge in [-0.1, -0.05) is 11.6 Å². The number of hydrogen-bond donors (Lipinski definition) is 0. The summed E-state index contributed by atoms with van der Waals surface area (Å²) < 4.78 is 9.94. The van der Waals surface area contributed by atoms with E-state index in [2.05, 4.69) is 9.97 Å². The molecule has 116 valence electrons. The third-order valence-electron chi connectivity index (χ3n) is 3.11. The molecular weight excluding hydrogens is 327 g/mol. The molecule has 0 fully saturated rings.